The van der Waals surface area contributed by atoms with Crippen LogP contribution in [0.3, 0.4) is 0 Å². The minimum absolute atomic E-state index is 0.214. The molecule has 4 aliphatic rings. The Balaban J connectivity index is 1.51. The summed E-state index contributed by atoms with van der Waals surface area (Å²) in [5.74, 6) is 3.57. The average molecular weight is 394 g/mol. The highest BCUT2D eigenvalue weighted by atomic mass is 16.3. The van der Waals surface area contributed by atoms with Gasteiger partial charge in [0.15, 0.2) is 0 Å². The van der Waals surface area contributed by atoms with E-state index in [1.807, 2.05) is 12.4 Å². The lowest BCUT2D eigenvalue weighted by Crippen LogP contribution is -2.56. The van der Waals surface area contributed by atoms with E-state index in [0.29, 0.717) is 40.8 Å². The molecule has 0 aromatic carbocycles. The Morgan fingerprint density at radius 1 is 1.24 bits per heavy atom. The third-order valence-corrected chi connectivity index (χ3v) is 9.71. The molecular formula is C26H35NO2. The summed E-state index contributed by atoms with van der Waals surface area (Å²) >= 11 is 0. The molecule has 29 heavy (non-hydrogen) atoms. The zero-order chi connectivity index (χ0) is 20.2. The van der Waals surface area contributed by atoms with Crippen molar-refractivity contribution in [2.75, 3.05) is 6.61 Å². The molecule has 1 aromatic heterocycles. The molecule has 3 fully saturated rings. The van der Waals surface area contributed by atoms with Crippen molar-refractivity contribution in [1.29, 1.82) is 0 Å². The van der Waals surface area contributed by atoms with Gasteiger partial charge in [-0.25, -0.2) is 0 Å². The number of Topliss-reactive ketones (excluding diaryl/α,β-unsaturated/α-hetero) is 1. The molecule has 1 heterocycles. The number of nitrogens with zero attached hydrogens (tertiary/aromatic N) is 1. The molecular weight excluding hydrogens is 358 g/mol. The zero-order valence-electron chi connectivity index (χ0n) is 17.9. The first-order valence-corrected chi connectivity index (χ1v) is 11.7. The van der Waals surface area contributed by atoms with Gasteiger partial charge >= 0.3 is 0 Å². The summed E-state index contributed by atoms with van der Waals surface area (Å²) < 4.78 is 0. The van der Waals surface area contributed by atoms with Gasteiger partial charge in [0.2, 0.25) is 0 Å². The second-order valence-electron chi connectivity index (χ2n) is 10.8. The Morgan fingerprint density at radius 2 is 2.10 bits per heavy atom. The maximum atomic E-state index is 12.3. The van der Waals surface area contributed by atoms with Crippen LogP contribution >= 0.6 is 0 Å². The quantitative estimate of drug-likeness (QED) is 0.758. The zero-order valence-corrected chi connectivity index (χ0v) is 17.9. The molecule has 2 unspecified atom stereocenters. The van der Waals surface area contributed by atoms with Gasteiger partial charge in [-0.2, -0.15) is 0 Å². The van der Waals surface area contributed by atoms with Crippen molar-refractivity contribution in [2.45, 2.75) is 65.2 Å². The summed E-state index contributed by atoms with van der Waals surface area (Å²) in [5.41, 5.74) is 3.31. The number of aromatic nitrogens is 1. The highest BCUT2D eigenvalue weighted by Gasteiger charge is 2.61. The molecule has 0 radical (unpaired) electrons. The number of aliphatic hydroxyl groups excluding tert-OH is 1. The first-order chi connectivity index (χ1) is 14.0. The van der Waals surface area contributed by atoms with E-state index in [1.54, 1.807) is 0 Å². The maximum absolute atomic E-state index is 12.3. The molecule has 1 N–H and O–H groups in total. The topological polar surface area (TPSA) is 50.2 Å². The highest BCUT2D eigenvalue weighted by Crippen LogP contribution is 2.68. The van der Waals surface area contributed by atoms with Crippen molar-refractivity contribution in [3.8, 4) is 0 Å². The second kappa shape index (κ2) is 7.04. The summed E-state index contributed by atoms with van der Waals surface area (Å²) in [5, 5.41) is 9.87. The molecule has 3 heteroatoms. The summed E-state index contributed by atoms with van der Waals surface area (Å²) in [7, 11) is 0. The largest absolute Gasteiger partial charge is 0.396 e. The molecule has 5 rings (SSSR count). The van der Waals surface area contributed by atoms with Crippen molar-refractivity contribution in [3.63, 3.8) is 0 Å². The molecule has 0 aliphatic heterocycles. The van der Waals surface area contributed by atoms with E-state index in [4.69, 9.17) is 0 Å². The number of ketones is 1. The smallest absolute Gasteiger partial charge is 0.133 e. The number of rotatable bonds is 3. The average Bonchev–Trinajstić information content (AvgIpc) is 3.07. The van der Waals surface area contributed by atoms with Crippen molar-refractivity contribution >= 4 is 11.4 Å². The van der Waals surface area contributed by atoms with Gasteiger partial charge in [-0.05, 0) is 96.1 Å². The first-order valence-electron chi connectivity index (χ1n) is 11.7. The van der Waals surface area contributed by atoms with Gasteiger partial charge in [0.1, 0.15) is 5.78 Å². The number of hydrogen-bond donors (Lipinski definition) is 1. The van der Waals surface area contributed by atoms with Crippen LogP contribution in [0.4, 0.5) is 0 Å². The molecule has 3 nitrogen and oxygen atoms in total. The first kappa shape index (κ1) is 19.5. The SMILES string of the molecule is C[C@]12CCC(=O)CC1CC(CCO)[C@@H]1[C@H]2CC[C@]2(C)C(c3cccnc3)=CC[C@@H]12. The van der Waals surface area contributed by atoms with Crippen molar-refractivity contribution < 1.29 is 9.90 Å². The van der Waals surface area contributed by atoms with E-state index < -0.39 is 0 Å². The van der Waals surface area contributed by atoms with Crippen molar-refractivity contribution in [2.24, 2.45) is 40.4 Å². The minimum atomic E-state index is 0.214. The van der Waals surface area contributed by atoms with Crippen LogP contribution in [0.2, 0.25) is 0 Å². The number of hydrogen-bond acceptors (Lipinski definition) is 3. The van der Waals surface area contributed by atoms with Gasteiger partial charge in [0, 0.05) is 31.8 Å². The molecule has 0 amide bonds. The van der Waals surface area contributed by atoms with Gasteiger partial charge in [0.05, 0.1) is 0 Å². The summed E-state index contributed by atoms with van der Waals surface area (Å²) in [6, 6.07) is 4.27. The summed E-state index contributed by atoms with van der Waals surface area (Å²) in [4.78, 5) is 16.6. The predicted octanol–water partition coefficient (Wildman–Crippen LogP) is 5.30. The van der Waals surface area contributed by atoms with Gasteiger partial charge in [-0.15, -0.1) is 0 Å². The fourth-order valence-electron chi connectivity index (χ4n) is 8.23. The van der Waals surface area contributed by atoms with Gasteiger partial charge in [-0.3, -0.25) is 9.78 Å². The van der Waals surface area contributed by atoms with Gasteiger partial charge in [-0.1, -0.05) is 26.0 Å². The highest BCUT2D eigenvalue weighted by molar-refractivity contribution is 5.79. The standard InChI is InChI=1S/C26H35NO2/c1-25-10-7-20(29)15-19(25)14-17(9-13-28)24-22-6-5-21(18-4-3-12-27-16-18)26(22,2)11-8-23(24)25/h3-5,12,16-17,19,22-24,28H,6-11,13-15H2,1-2H3/t17?,19?,22-,23+,24-,25-,26+/m0/s1. The lowest BCUT2D eigenvalue weighted by molar-refractivity contribution is -0.147. The van der Waals surface area contributed by atoms with Crippen LogP contribution in [0.5, 0.6) is 0 Å². The Labute approximate surface area is 175 Å². The number of allylic oxidation sites excluding steroid dienone is 2. The third kappa shape index (κ3) is 2.87. The monoisotopic (exact) mass is 393 g/mol. The number of fused-ring (bicyclic) bond motifs is 5. The van der Waals surface area contributed by atoms with Crippen molar-refractivity contribution in [3.05, 3.63) is 36.2 Å². The number of aliphatic hydroxyl groups is 1. The molecule has 3 saturated carbocycles. The predicted molar refractivity (Wildman–Crippen MR) is 115 cm³/mol. The third-order valence-electron chi connectivity index (χ3n) is 9.71. The number of carbonyl (C=O) groups is 1. The molecule has 0 bridgehead atoms. The van der Waals surface area contributed by atoms with E-state index in [-0.39, 0.29) is 12.0 Å². The van der Waals surface area contributed by atoms with Crippen LogP contribution < -0.4 is 0 Å². The van der Waals surface area contributed by atoms with Crippen LogP contribution in [0.25, 0.3) is 5.57 Å². The normalized spacial score (nSPS) is 43.9. The lowest BCUT2D eigenvalue weighted by Gasteiger charge is -2.62. The van der Waals surface area contributed by atoms with E-state index in [9.17, 15) is 9.90 Å². The van der Waals surface area contributed by atoms with E-state index in [0.717, 1.165) is 38.5 Å². The Kier molecular flexibility index (Phi) is 4.73. The summed E-state index contributed by atoms with van der Waals surface area (Å²) in [6.07, 6.45) is 14.7. The van der Waals surface area contributed by atoms with Crippen molar-refractivity contribution in [1.82, 2.24) is 4.98 Å². The van der Waals surface area contributed by atoms with E-state index in [1.165, 1.54) is 24.0 Å². The Hall–Kier alpha value is -1.48. The maximum Gasteiger partial charge on any atom is 0.133 e. The molecule has 1 aromatic rings. The number of pyridine rings is 1. The van der Waals surface area contributed by atoms with Crippen LogP contribution in [0.15, 0.2) is 30.6 Å². The number of carbonyl (C=O) groups excluding carboxylic acids is 1. The molecule has 7 atom stereocenters. The molecule has 4 aliphatic carbocycles. The van der Waals surface area contributed by atoms with Crippen LogP contribution in [-0.4, -0.2) is 22.5 Å². The van der Waals surface area contributed by atoms with E-state index >= 15 is 0 Å². The van der Waals surface area contributed by atoms with Crippen LogP contribution in [-0.2, 0) is 4.79 Å². The second-order valence-corrected chi connectivity index (χ2v) is 10.8. The van der Waals surface area contributed by atoms with E-state index in [2.05, 4.69) is 37.0 Å². The van der Waals surface area contributed by atoms with Crippen LogP contribution in [0, 0.1) is 40.4 Å². The van der Waals surface area contributed by atoms with Gasteiger partial charge in [0.25, 0.3) is 0 Å². The molecule has 0 spiro atoms. The fraction of sp³-hybridized carbons (Fsp3) is 0.692. The molecule has 156 valence electrons. The van der Waals surface area contributed by atoms with Gasteiger partial charge < -0.3 is 5.11 Å². The summed E-state index contributed by atoms with van der Waals surface area (Å²) in [6.45, 7) is 5.27. The minimum Gasteiger partial charge on any atom is -0.396 e. The molecule has 0 saturated heterocycles. The van der Waals surface area contributed by atoms with Crippen LogP contribution in [0.1, 0.15) is 70.8 Å². The Bertz CT molecular complexity index is 817. The fourth-order valence-corrected chi connectivity index (χ4v) is 8.23. The Morgan fingerprint density at radius 3 is 2.86 bits per heavy atom. The lowest BCUT2D eigenvalue weighted by atomic mass is 9.42.